The number of hydrogen-bond acceptors (Lipinski definition) is 2. The van der Waals surface area contributed by atoms with Gasteiger partial charge in [-0.3, -0.25) is 4.98 Å². The van der Waals surface area contributed by atoms with E-state index in [0.29, 0.717) is 15.8 Å². The monoisotopic (exact) mass is 427 g/mol. The number of hydrogen-bond donors (Lipinski definition) is 0. The van der Waals surface area contributed by atoms with E-state index in [1.165, 1.54) is 0 Å². The number of ether oxygens (including phenoxy) is 1. The fourth-order valence-electron chi connectivity index (χ4n) is 3.30. The second-order valence-corrected chi connectivity index (χ2v) is 7.70. The Kier molecular flexibility index (Phi) is 5.20. The van der Waals surface area contributed by atoms with Crippen molar-refractivity contribution in [3.05, 3.63) is 81.4 Å². The maximum Gasteiger partial charge on any atom is 0.139 e. The molecule has 0 N–H and O–H groups in total. The molecule has 28 heavy (non-hydrogen) atoms. The molecule has 0 radical (unpaired) electrons. The number of rotatable bonds is 3. The molecule has 0 amide bonds. The van der Waals surface area contributed by atoms with Gasteiger partial charge in [-0.1, -0.05) is 71.2 Å². The lowest BCUT2D eigenvalue weighted by Gasteiger charge is -2.13. The van der Waals surface area contributed by atoms with E-state index in [0.717, 1.165) is 43.9 Å². The summed E-state index contributed by atoms with van der Waals surface area (Å²) in [4.78, 5) is 4.72. The lowest BCUT2D eigenvalue weighted by Crippen LogP contribution is -1.94. The Hall–Kier alpha value is -2.26. The minimum absolute atomic E-state index is 0.506. The van der Waals surface area contributed by atoms with Crippen LogP contribution in [-0.4, -0.2) is 12.1 Å². The van der Waals surface area contributed by atoms with Gasteiger partial charge >= 0.3 is 0 Å². The van der Waals surface area contributed by atoms with Crippen LogP contribution in [0.5, 0.6) is 5.75 Å². The number of aryl methyl sites for hydroxylation is 1. The number of fused-ring (bicyclic) bond motifs is 1. The van der Waals surface area contributed by atoms with Gasteiger partial charge in [-0.25, -0.2) is 0 Å². The van der Waals surface area contributed by atoms with Crippen LogP contribution in [0.3, 0.4) is 0 Å². The number of benzene rings is 3. The summed E-state index contributed by atoms with van der Waals surface area (Å²) in [5, 5.41) is 2.66. The zero-order valence-electron chi connectivity index (χ0n) is 15.3. The molecular formula is C23H16Cl3NO. The third kappa shape index (κ3) is 3.44. The molecule has 0 fully saturated rings. The Morgan fingerprint density at radius 1 is 0.786 bits per heavy atom. The second-order valence-electron chi connectivity index (χ2n) is 6.47. The third-order valence-corrected chi connectivity index (χ3v) is 5.67. The maximum absolute atomic E-state index is 6.77. The molecule has 140 valence electrons. The molecule has 0 saturated carbocycles. The number of pyridine rings is 1. The van der Waals surface area contributed by atoms with Crippen molar-refractivity contribution in [3.63, 3.8) is 0 Å². The molecule has 4 rings (SSSR count). The predicted octanol–water partition coefficient (Wildman–Crippen LogP) is 7.85. The van der Waals surface area contributed by atoms with Gasteiger partial charge in [-0.05, 0) is 41.8 Å². The Balaban J connectivity index is 1.81. The van der Waals surface area contributed by atoms with Crippen LogP contribution in [0.2, 0.25) is 15.1 Å². The molecule has 0 saturated heterocycles. The highest BCUT2D eigenvalue weighted by atomic mass is 35.5. The van der Waals surface area contributed by atoms with Crippen LogP contribution in [0.15, 0.2) is 60.7 Å². The summed E-state index contributed by atoms with van der Waals surface area (Å²) in [5.74, 6) is 0.581. The summed E-state index contributed by atoms with van der Waals surface area (Å²) in [6.07, 6.45) is 0. The summed E-state index contributed by atoms with van der Waals surface area (Å²) in [5.41, 5.74) is 5.72. The number of halogens is 3. The molecule has 3 aromatic carbocycles. The van der Waals surface area contributed by atoms with Crippen molar-refractivity contribution in [2.24, 2.45) is 0 Å². The highest BCUT2D eigenvalue weighted by Gasteiger charge is 2.15. The minimum Gasteiger partial charge on any atom is -0.495 e. The number of methoxy groups -OCH3 is 1. The predicted molar refractivity (Wildman–Crippen MR) is 119 cm³/mol. The molecule has 4 aromatic rings. The van der Waals surface area contributed by atoms with Gasteiger partial charge in [-0.2, -0.15) is 0 Å². The van der Waals surface area contributed by atoms with E-state index in [4.69, 9.17) is 44.5 Å². The van der Waals surface area contributed by atoms with Crippen molar-refractivity contribution in [1.82, 2.24) is 4.98 Å². The van der Waals surface area contributed by atoms with Crippen molar-refractivity contribution in [3.8, 4) is 28.0 Å². The van der Waals surface area contributed by atoms with E-state index in [-0.39, 0.29) is 0 Å². The average molecular weight is 429 g/mol. The van der Waals surface area contributed by atoms with Gasteiger partial charge in [-0.15, -0.1) is 0 Å². The molecule has 0 aliphatic heterocycles. The zero-order valence-corrected chi connectivity index (χ0v) is 17.5. The van der Waals surface area contributed by atoms with E-state index in [1.54, 1.807) is 13.2 Å². The first-order valence-corrected chi connectivity index (χ1v) is 9.81. The van der Waals surface area contributed by atoms with E-state index in [2.05, 4.69) is 24.3 Å². The Bertz CT molecular complexity index is 1170. The minimum atomic E-state index is 0.506. The van der Waals surface area contributed by atoms with Crippen LogP contribution in [0.1, 0.15) is 5.69 Å². The lowest BCUT2D eigenvalue weighted by atomic mass is 9.98. The Labute approximate surface area is 178 Å². The summed E-state index contributed by atoms with van der Waals surface area (Å²) < 4.78 is 5.29. The molecule has 0 spiro atoms. The van der Waals surface area contributed by atoms with Gasteiger partial charge in [0.2, 0.25) is 0 Å². The first-order valence-electron chi connectivity index (χ1n) is 8.67. The van der Waals surface area contributed by atoms with Gasteiger partial charge in [0.05, 0.1) is 22.7 Å². The first-order chi connectivity index (χ1) is 13.5. The van der Waals surface area contributed by atoms with Crippen molar-refractivity contribution in [2.45, 2.75) is 6.92 Å². The SMILES string of the molecule is COc1cc2nc(C)c(-c3ccc(-c4ccc(Cl)cc4)cc3)c(Cl)c2cc1Cl. The quantitative estimate of drug-likeness (QED) is 0.331. The van der Waals surface area contributed by atoms with Crippen LogP contribution in [0.4, 0.5) is 0 Å². The summed E-state index contributed by atoms with van der Waals surface area (Å²) >= 11 is 19.0. The Morgan fingerprint density at radius 2 is 1.36 bits per heavy atom. The van der Waals surface area contributed by atoms with Crippen LogP contribution in [0, 0.1) is 6.92 Å². The fraction of sp³-hybridized carbons (Fsp3) is 0.0870. The maximum atomic E-state index is 6.77. The molecule has 2 nitrogen and oxygen atoms in total. The smallest absolute Gasteiger partial charge is 0.139 e. The van der Waals surface area contributed by atoms with E-state index < -0.39 is 0 Å². The molecule has 1 aromatic heterocycles. The summed E-state index contributed by atoms with van der Waals surface area (Å²) in [7, 11) is 1.58. The largest absolute Gasteiger partial charge is 0.495 e. The van der Waals surface area contributed by atoms with Gasteiger partial charge in [0, 0.05) is 27.7 Å². The van der Waals surface area contributed by atoms with E-state index in [9.17, 15) is 0 Å². The van der Waals surface area contributed by atoms with Crippen molar-refractivity contribution in [2.75, 3.05) is 7.11 Å². The molecule has 5 heteroatoms. The standard InChI is InChI=1S/C23H16Cl3NO/c1-13-22(23(26)18-11-19(25)21(28-2)12-20(18)27-13)16-5-3-14(4-6-16)15-7-9-17(24)10-8-15/h3-12H,1-2H3. The van der Waals surface area contributed by atoms with Gasteiger partial charge in [0.25, 0.3) is 0 Å². The van der Waals surface area contributed by atoms with Crippen molar-refractivity contribution in [1.29, 1.82) is 0 Å². The van der Waals surface area contributed by atoms with Gasteiger partial charge in [0.15, 0.2) is 0 Å². The lowest BCUT2D eigenvalue weighted by molar-refractivity contribution is 0.415. The summed E-state index contributed by atoms with van der Waals surface area (Å²) in [6.45, 7) is 1.95. The normalized spacial score (nSPS) is 11.0. The Morgan fingerprint density at radius 3 is 1.96 bits per heavy atom. The van der Waals surface area contributed by atoms with Crippen LogP contribution in [0.25, 0.3) is 33.2 Å². The molecule has 1 heterocycles. The van der Waals surface area contributed by atoms with Gasteiger partial charge < -0.3 is 4.74 Å². The average Bonchev–Trinajstić information content (AvgIpc) is 2.69. The first kappa shape index (κ1) is 19.1. The molecule has 0 atom stereocenters. The van der Waals surface area contributed by atoms with Crippen LogP contribution in [-0.2, 0) is 0 Å². The van der Waals surface area contributed by atoms with E-state index >= 15 is 0 Å². The van der Waals surface area contributed by atoms with E-state index in [1.807, 2.05) is 37.3 Å². The molecule has 0 aliphatic carbocycles. The zero-order chi connectivity index (χ0) is 19.8. The van der Waals surface area contributed by atoms with Crippen LogP contribution < -0.4 is 4.74 Å². The topological polar surface area (TPSA) is 22.1 Å². The third-order valence-electron chi connectivity index (χ3n) is 4.73. The highest BCUT2D eigenvalue weighted by molar-refractivity contribution is 6.39. The molecular weight excluding hydrogens is 413 g/mol. The second kappa shape index (κ2) is 7.63. The van der Waals surface area contributed by atoms with Crippen molar-refractivity contribution >= 4 is 45.7 Å². The van der Waals surface area contributed by atoms with Crippen molar-refractivity contribution < 1.29 is 4.74 Å². The van der Waals surface area contributed by atoms with Crippen LogP contribution >= 0.6 is 34.8 Å². The van der Waals surface area contributed by atoms with Gasteiger partial charge in [0.1, 0.15) is 5.75 Å². The number of aromatic nitrogens is 1. The number of nitrogens with zero attached hydrogens (tertiary/aromatic N) is 1. The summed E-state index contributed by atoms with van der Waals surface area (Å²) in [6, 6.07) is 19.6. The molecule has 0 bridgehead atoms. The molecule has 0 aliphatic rings. The fourth-order valence-corrected chi connectivity index (χ4v) is 4.07. The highest BCUT2D eigenvalue weighted by Crippen LogP contribution is 2.39. The molecule has 0 unspecified atom stereocenters.